The van der Waals surface area contributed by atoms with Crippen LogP contribution in [0.5, 0.6) is 0 Å². The summed E-state index contributed by atoms with van der Waals surface area (Å²) in [6.07, 6.45) is 9.17. The van der Waals surface area contributed by atoms with Crippen molar-refractivity contribution in [1.29, 1.82) is 0 Å². The second-order valence-corrected chi connectivity index (χ2v) is 6.93. The van der Waals surface area contributed by atoms with Gasteiger partial charge < -0.3 is 15.3 Å². The average Bonchev–Trinajstić information content (AvgIpc) is 3.15. The molecule has 2 fully saturated rings. The van der Waals surface area contributed by atoms with Crippen LogP contribution in [0.25, 0.3) is 0 Å². The summed E-state index contributed by atoms with van der Waals surface area (Å²) in [7, 11) is 0. The lowest BCUT2D eigenvalue weighted by molar-refractivity contribution is 0.145. The zero-order valence-corrected chi connectivity index (χ0v) is 12.8. The number of nitrogens with zero attached hydrogens (tertiary/aromatic N) is 1. The fraction of sp³-hybridized carbons (Fsp3) is 1.00. The molecule has 0 aromatic carbocycles. The zero-order valence-electron chi connectivity index (χ0n) is 12.8. The van der Waals surface area contributed by atoms with Gasteiger partial charge in [0.05, 0.1) is 6.61 Å². The summed E-state index contributed by atoms with van der Waals surface area (Å²) in [4.78, 5) is 2.60. The maximum absolute atomic E-state index is 9.60. The number of nitrogens with one attached hydrogen (secondary N) is 1. The molecule has 0 heterocycles. The summed E-state index contributed by atoms with van der Waals surface area (Å²) in [6.45, 7) is 8.36. The van der Waals surface area contributed by atoms with Gasteiger partial charge in [-0.2, -0.15) is 0 Å². The van der Waals surface area contributed by atoms with Gasteiger partial charge in [0.15, 0.2) is 0 Å². The molecule has 0 bridgehead atoms. The molecule has 2 N–H and O–H groups in total. The van der Waals surface area contributed by atoms with Crippen LogP contribution in [-0.4, -0.2) is 47.8 Å². The minimum Gasteiger partial charge on any atom is -0.394 e. The summed E-state index contributed by atoms with van der Waals surface area (Å²) in [5.41, 5.74) is -0.0585. The van der Waals surface area contributed by atoms with Gasteiger partial charge in [-0.1, -0.05) is 13.3 Å². The van der Waals surface area contributed by atoms with Gasteiger partial charge >= 0.3 is 0 Å². The van der Waals surface area contributed by atoms with Crippen LogP contribution in [0.1, 0.15) is 58.8 Å². The third kappa shape index (κ3) is 5.05. The number of hydrogen-bond donors (Lipinski definition) is 2. The Kier molecular flexibility index (Phi) is 5.67. The van der Waals surface area contributed by atoms with E-state index in [1.165, 1.54) is 58.2 Å². The van der Waals surface area contributed by atoms with E-state index in [-0.39, 0.29) is 12.1 Å². The van der Waals surface area contributed by atoms with Gasteiger partial charge in [0, 0.05) is 18.1 Å². The molecule has 0 aromatic rings. The van der Waals surface area contributed by atoms with E-state index in [2.05, 4.69) is 24.1 Å². The van der Waals surface area contributed by atoms with E-state index < -0.39 is 0 Å². The first-order valence-electron chi connectivity index (χ1n) is 8.26. The predicted octanol–water partition coefficient (Wildman–Crippen LogP) is 2.39. The van der Waals surface area contributed by atoms with E-state index in [1.54, 1.807) is 0 Å². The van der Waals surface area contributed by atoms with E-state index in [9.17, 15) is 5.11 Å². The molecular formula is C16H32N2O. The lowest BCUT2D eigenvalue weighted by Crippen LogP contribution is -2.47. The van der Waals surface area contributed by atoms with Crippen molar-refractivity contribution in [2.24, 2.45) is 5.92 Å². The first-order chi connectivity index (χ1) is 9.15. The Bertz CT molecular complexity index is 263. The molecule has 0 radical (unpaired) electrons. The van der Waals surface area contributed by atoms with Gasteiger partial charge in [0.1, 0.15) is 0 Å². The van der Waals surface area contributed by atoms with Crippen LogP contribution in [0, 0.1) is 5.92 Å². The van der Waals surface area contributed by atoms with Crippen molar-refractivity contribution in [3.63, 3.8) is 0 Å². The smallest absolute Gasteiger partial charge is 0.0610 e. The minimum absolute atomic E-state index is 0.0585. The molecule has 1 atom stereocenters. The highest BCUT2D eigenvalue weighted by Gasteiger charge is 2.31. The van der Waals surface area contributed by atoms with Crippen molar-refractivity contribution < 1.29 is 5.11 Å². The van der Waals surface area contributed by atoms with Gasteiger partial charge in [-0.25, -0.2) is 0 Å². The molecule has 112 valence electrons. The van der Waals surface area contributed by atoms with E-state index in [0.29, 0.717) is 6.04 Å². The quantitative estimate of drug-likeness (QED) is 0.638. The van der Waals surface area contributed by atoms with Crippen LogP contribution in [0.3, 0.4) is 0 Å². The predicted molar refractivity (Wildman–Crippen MR) is 80.3 cm³/mol. The third-order valence-electron chi connectivity index (χ3n) is 4.87. The van der Waals surface area contributed by atoms with Crippen molar-refractivity contribution in [2.45, 2.75) is 70.4 Å². The number of rotatable bonds is 10. The van der Waals surface area contributed by atoms with Gasteiger partial charge in [0.2, 0.25) is 0 Å². The first kappa shape index (κ1) is 15.3. The average molecular weight is 268 g/mol. The van der Waals surface area contributed by atoms with Gasteiger partial charge in [-0.15, -0.1) is 0 Å². The molecule has 1 unspecified atom stereocenters. The number of aliphatic hydroxyl groups is 1. The molecule has 0 amide bonds. The van der Waals surface area contributed by atoms with Crippen LogP contribution in [0.4, 0.5) is 0 Å². The van der Waals surface area contributed by atoms with Crippen LogP contribution in [0.15, 0.2) is 0 Å². The van der Waals surface area contributed by atoms with E-state index in [0.717, 1.165) is 12.3 Å². The van der Waals surface area contributed by atoms with Crippen molar-refractivity contribution in [3.05, 3.63) is 0 Å². The maximum Gasteiger partial charge on any atom is 0.0610 e. The molecule has 0 spiro atoms. The number of hydrogen-bond acceptors (Lipinski definition) is 3. The largest absolute Gasteiger partial charge is 0.394 e. The molecule has 19 heavy (non-hydrogen) atoms. The number of aliphatic hydroxyl groups excluding tert-OH is 1. The summed E-state index contributed by atoms with van der Waals surface area (Å²) in [5.74, 6) is 0.966. The van der Waals surface area contributed by atoms with Crippen LogP contribution < -0.4 is 5.32 Å². The molecule has 2 aliphatic rings. The van der Waals surface area contributed by atoms with Crippen molar-refractivity contribution in [3.8, 4) is 0 Å². The standard InChI is InChI=1S/C16H32N2O/c1-3-18(12-14-6-4-7-14)11-5-10-16(2,13-19)17-15-8-9-15/h14-15,17,19H,3-13H2,1-2H3. The molecular weight excluding hydrogens is 236 g/mol. The molecule has 3 heteroatoms. The van der Waals surface area contributed by atoms with Crippen LogP contribution >= 0.6 is 0 Å². The van der Waals surface area contributed by atoms with Crippen LogP contribution in [0.2, 0.25) is 0 Å². The summed E-state index contributed by atoms with van der Waals surface area (Å²) < 4.78 is 0. The second-order valence-electron chi connectivity index (χ2n) is 6.93. The highest BCUT2D eigenvalue weighted by molar-refractivity contribution is 4.92. The Balaban J connectivity index is 1.64. The third-order valence-corrected chi connectivity index (χ3v) is 4.87. The molecule has 2 rings (SSSR count). The first-order valence-corrected chi connectivity index (χ1v) is 8.26. The lowest BCUT2D eigenvalue weighted by Gasteiger charge is -2.33. The molecule has 3 nitrogen and oxygen atoms in total. The van der Waals surface area contributed by atoms with Gasteiger partial charge in [-0.05, 0) is 64.5 Å². The summed E-state index contributed by atoms with van der Waals surface area (Å²) in [6, 6.07) is 0.675. The van der Waals surface area contributed by atoms with Gasteiger partial charge in [-0.3, -0.25) is 0 Å². The Hall–Kier alpha value is -0.120. The second kappa shape index (κ2) is 7.05. The monoisotopic (exact) mass is 268 g/mol. The fourth-order valence-corrected chi connectivity index (χ4v) is 3.03. The van der Waals surface area contributed by atoms with Crippen molar-refractivity contribution in [2.75, 3.05) is 26.2 Å². The Morgan fingerprint density at radius 3 is 2.47 bits per heavy atom. The summed E-state index contributed by atoms with van der Waals surface area (Å²) in [5, 5.41) is 13.2. The lowest BCUT2D eigenvalue weighted by atomic mass is 9.85. The molecule has 0 aliphatic heterocycles. The molecule has 0 aromatic heterocycles. The summed E-state index contributed by atoms with van der Waals surface area (Å²) >= 11 is 0. The SMILES string of the molecule is CCN(CCCC(C)(CO)NC1CC1)CC1CCC1. The van der Waals surface area contributed by atoms with Crippen LogP contribution in [-0.2, 0) is 0 Å². The fourth-order valence-electron chi connectivity index (χ4n) is 3.03. The van der Waals surface area contributed by atoms with Crippen molar-refractivity contribution >= 4 is 0 Å². The normalized spacial score (nSPS) is 23.4. The molecule has 2 saturated carbocycles. The zero-order chi connectivity index (χ0) is 13.7. The van der Waals surface area contributed by atoms with E-state index in [1.807, 2.05) is 0 Å². The Morgan fingerprint density at radius 1 is 1.26 bits per heavy atom. The van der Waals surface area contributed by atoms with E-state index >= 15 is 0 Å². The van der Waals surface area contributed by atoms with Crippen molar-refractivity contribution in [1.82, 2.24) is 10.2 Å². The molecule has 2 aliphatic carbocycles. The topological polar surface area (TPSA) is 35.5 Å². The van der Waals surface area contributed by atoms with Gasteiger partial charge in [0.25, 0.3) is 0 Å². The Morgan fingerprint density at radius 2 is 2.00 bits per heavy atom. The minimum atomic E-state index is -0.0585. The maximum atomic E-state index is 9.60. The molecule has 0 saturated heterocycles. The van der Waals surface area contributed by atoms with E-state index in [4.69, 9.17) is 0 Å². The highest BCUT2D eigenvalue weighted by atomic mass is 16.3. The highest BCUT2D eigenvalue weighted by Crippen LogP contribution is 2.27. The Labute approximate surface area is 118 Å².